The highest BCUT2D eigenvalue weighted by Crippen LogP contribution is 2.35. The van der Waals surface area contributed by atoms with Gasteiger partial charge in [0.05, 0.1) is 16.1 Å². The minimum atomic E-state index is -0.965. The number of nitrogens with zero attached hydrogens (tertiary/aromatic N) is 1. The van der Waals surface area contributed by atoms with Gasteiger partial charge in [0.1, 0.15) is 5.75 Å². The molecule has 4 nitrogen and oxygen atoms in total. The zero-order chi connectivity index (χ0) is 14.8. The van der Waals surface area contributed by atoms with E-state index in [0.717, 1.165) is 10.1 Å². The van der Waals surface area contributed by atoms with Crippen molar-refractivity contribution in [3.8, 4) is 5.75 Å². The van der Waals surface area contributed by atoms with Crippen molar-refractivity contribution in [3.63, 3.8) is 0 Å². The fraction of sp³-hybridized carbons (Fsp3) is 0. The molecule has 0 amide bonds. The number of carboxylic acid groups (broad SMARTS) is 1. The van der Waals surface area contributed by atoms with E-state index in [1.165, 1.54) is 23.5 Å². The molecule has 3 aromatic rings. The summed E-state index contributed by atoms with van der Waals surface area (Å²) in [6.45, 7) is 0. The molecule has 0 bridgehead atoms. The van der Waals surface area contributed by atoms with Crippen LogP contribution in [0.25, 0.3) is 10.1 Å². The highest BCUT2D eigenvalue weighted by atomic mass is 32.1. The smallest absolute Gasteiger partial charge is 0.335 e. The van der Waals surface area contributed by atoms with Crippen LogP contribution in [0.2, 0.25) is 0 Å². The second-order valence-electron chi connectivity index (χ2n) is 4.42. The number of thiophene rings is 1. The lowest BCUT2D eigenvalue weighted by Gasteiger charge is -1.95. The molecule has 0 atom stereocenters. The number of hydrogen-bond donors (Lipinski definition) is 2. The van der Waals surface area contributed by atoms with Gasteiger partial charge in [-0.25, -0.2) is 4.79 Å². The molecular formula is C16H11NO3S. The minimum Gasteiger partial charge on any atom is -0.506 e. The summed E-state index contributed by atoms with van der Waals surface area (Å²) in [4.78, 5) is 15.7. The Kier molecular flexibility index (Phi) is 3.41. The van der Waals surface area contributed by atoms with Gasteiger partial charge in [0.25, 0.3) is 0 Å². The number of benzene rings is 2. The summed E-state index contributed by atoms with van der Waals surface area (Å²) >= 11 is 1.46. The summed E-state index contributed by atoms with van der Waals surface area (Å²) in [7, 11) is 0. The van der Waals surface area contributed by atoms with Crippen LogP contribution in [0.4, 0.5) is 5.69 Å². The molecular weight excluding hydrogens is 286 g/mol. The van der Waals surface area contributed by atoms with Gasteiger partial charge in [-0.1, -0.05) is 12.1 Å². The van der Waals surface area contributed by atoms with E-state index in [1.54, 1.807) is 18.3 Å². The molecule has 2 N–H and O–H groups in total. The molecule has 3 rings (SSSR count). The first kappa shape index (κ1) is 13.3. The van der Waals surface area contributed by atoms with Crippen LogP contribution in [0.3, 0.4) is 0 Å². The molecule has 0 aliphatic rings. The molecule has 21 heavy (non-hydrogen) atoms. The van der Waals surface area contributed by atoms with E-state index in [0.29, 0.717) is 10.6 Å². The van der Waals surface area contributed by atoms with Crippen molar-refractivity contribution in [2.75, 3.05) is 0 Å². The molecule has 5 heteroatoms. The second-order valence-corrected chi connectivity index (χ2v) is 5.51. The fourth-order valence-corrected chi connectivity index (χ4v) is 2.93. The maximum absolute atomic E-state index is 10.8. The van der Waals surface area contributed by atoms with Crippen LogP contribution < -0.4 is 0 Å². The lowest BCUT2D eigenvalue weighted by atomic mass is 10.2. The lowest BCUT2D eigenvalue weighted by molar-refractivity contribution is 0.0697. The van der Waals surface area contributed by atoms with Crippen molar-refractivity contribution in [3.05, 3.63) is 59.0 Å². The standard InChI is InChI=1S/C16H11NO3S/c18-15-12-3-1-2-4-13(12)21-14(15)9-17-11-7-5-10(6-8-11)16(19)20/h1-9,18H,(H,19,20). The van der Waals surface area contributed by atoms with Crippen molar-refractivity contribution in [1.29, 1.82) is 0 Å². The van der Waals surface area contributed by atoms with Gasteiger partial charge in [-0.15, -0.1) is 11.3 Å². The Morgan fingerprint density at radius 2 is 1.81 bits per heavy atom. The molecule has 104 valence electrons. The first-order valence-corrected chi connectivity index (χ1v) is 7.05. The zero-order valence-corrected chi connectivity index (χ0v) is 11.7. The largest absolute Gasteiger partial charge is 0.506 e. The van der Waals surface area contributed by atoms with Gasteiger partial charge >= 0.3 is 5.97 Å². The minimum absolute atomic E-state index is 0.221. The van der Waals surface area contributed by atoms with Crippen LogP contribution in [0.1, 0.15) is 15.2 Å². The topological polar surface area (TPSA) is 69.9 Å². The van der Waals surface area contributed by atoms with E-state index >= 15 is 0 Å². The van der Waals surface area contributed by atoms with Gasteiger partial charge in [-0.05, 0) is 36.4 Å². The van der Waals surface area contributed by atoms with E-state index in [-0.39, 0.29) is 11.3 Å². The number of fused-ring (bicyclic) bond motifs is 1. The predicted molar refractivity (Wildman–Crippen MR) is 84.1 cm³/mol. The Morgan fingerprint density at radius 1 is 1.10 bits per heavy atom. The number of rotatable bonds is 3. The van der Waals surface area contributed by atoms with Crippen LogP contribution in [0.15, 0.2) is 53.5 Å². The Labute approximate surface area is 124 Å². The molecule has 0 spiro atoms. The van der Waals surface area contributed by atoms with E-state index in [1.807, 2.05) is 24.3 Å². The number of aromatic carboxylic acids is 1. The molecule has 1 heterocycles. The number of aliphatic imine (C=N–C) groups is 1. The van der Waals surface area contributed by atoms with Crippen LogP contribution in [0.5, 0.6) is 5.75 Å². The number of carboxylic acids is 1. The summed E-state index contributed by atoms with van der Waals surface area (Å²) < 4.78 is 0.998. The summed E-state index contributed by atoms with van der Waals surface area (Å²) in [5.74, 6) is -0.741. The molecule has 0 fully saturated rings. The van der Waals surface area contributed by atoms with E-state index in [9.17, 15) is 9.90 Å². The van der Waals surface area contributed by atoms with Gasteiger partial charge < -0.3 is 10.2 Å². The average Bonchev–Trinajstić information content (AvgIpc) is 2.82. The first-order valence-electron chi connectivity index (χ1n) is 6.23. The summed E-state index contributed by atoms with van der Waals surface area (Å²) in [5, 5.41) is 19.8. The average molecular weight is 297 g/mol. The zero-order valence-electron chi connectivity index (χ0n) is 10.9. The van der Waals surface area contributed by atoms with Crippen molar-refractivity contribution < 1.29 is 15.0 Å². The predicted octanol–water partition coefficient (Wildman–Crippen LogP) is 4.06. The third-order valence-corrected chi connectivity index (χ3v) is 4.14. The summed E-state index contributed by atoms with van der Waals surface area (Å²) in [6, 6.07) is 13.9. The van der Waals surface area contributed by atoms with Crippen LogP contribution in [-0.2, 0) is 0 Å². The van der Waals surface area contributed by atoms with Gasteiger partial charge in [-0.3, -0.25) is 4.99 Å². The van der Waals surface area contributed by atoms with Crippen molar-refractivity contribution in [2.24, 2.45) is 4.99 Å². The van der Waals surface area contributed by atoms with Gasteiger partial charge in [0.15, 0.2) is 0 Å². The summed E-state index contributed by atoms with van der Waals surface area (Å²) in [6.07, 6.45) is 1.59. The third-order valence-electron chi connectivity index (χ3n) is 3.04. The van der Waals surface area contributed by atoms with Crippen LogP contribution >= 0.6 is 11.3 Å². The fourth-order valence-electron chi connectivity index (χ4n) is 1.96. The Morgan fingerprint density at radius 3 is 2.48 bits per heavy atom. The highest BCUT2D eigenvalue weighted by molar-refractivity contribution is 7.21. The van der Waals surface area contributed by atoms with Crippen LogP contribution in [-0.4, -0.2) is 22.4 Å². The monoisotopic (exact) mass is 297 g/mol. The van der Waals surface area contributed by atoms with E-state index in [4.69, 9.17) is 5.11 Å². The number of carbonyl (C=O) groups is 1. The van der Waals surface area contributed by atoms with E-state index in [2.05, 4.69) is 4.99 Å². The SMILES string of the molecule is O=C(O)c1ccc(N=Cc2sc3ccccc3c2O)cc1. The molecule has 1 aromatic heterocycles. The van der Waals surface area contributed by atoms with Crippen LogP contribution in [0, 0.1) is 0 Å². The highest BCUT2D eigenvalue weighted by Gasteiger charge is 2.08. The normalized spacial score (nSPS) is 11.2. The molecule has 0 saturated carbocycles. The molecule has 0 aliphatic heterocycles. The quantitative estimate of drug-likeness (QED) is 0.716. The first-order chi connectivity index (χ1) is 10.1. The van der Waals surface area contributed by atoms with Crippen molar-refractivity contribution >= 4 is 39.3 Å². The lowest BCUT2D eigenvalue weighted by Crippen LogP contribution is -1.94. The number of aromatic hydroxyl groups is 1. The van der Waals surface area contributed by atoms with Gasteiger partial charge in [-0.2, -0.15) is 0 Å². The molecule has 2 aromatic carbocycles. The molecule has 0 aliphatic carbocycles. The molecule has 0 radical (unpaired) electrons. The molecule has 0 saturated heterocycles. The van der Waals surface area contributed by atoms with Gasteiger partial charge in [0.2, 0.25) is 0 Å². The summed E-state index contributed by atoms with van der Waals surface area (Å²) in [5.41, 5.74) is 0.857. The maximum Gasteiger partial charge on any atom is 0.335 e. The van der Waals surface area contributed by atoms with Crippen molar-refractivity contribution in [2.45, 2.75) is 0 Å². The number of hydrogen-bond acceptors (Lipinski definition) is 4. The Bertz CT molecular complexity index is 834. The second kappa shape index (κ2) is 5.38. The molecule has 0 unspecified atom stereocenters. The van der Waals surface area contributed by atoms with E-state index < -0.39 is 5.97 Å². The Hall–Kier alpha value is -2.66. The third kappa shape index (κ3) is 2.64. The van der Waals surface area contributed by atoms with Gasteiger partial charge in [0, 0.05) is 16.3 Å². The van der Waals surface area contributed by atoms with Crippen molar-refractivity contribution in [1.82, 2.24) is 0 Å². The Balaban J connectivity index is 1.90. The maximum atomic E-state index is 10.8.